The van der Waals surface area contributed by atoms with Gasteiger partial charge in [-0.3, -0.25) is 19.2 Å². The van der Waals surface area contributed by atoms with E-state index in [0.29, 0.717) is 83.5 Å². The highest BCUT2D eigenvalue weighted by Crippen LogP contribution is 2.53. The van der Waals surface area contributed by atoms with Gasteiger partial charge in [0.15, 0.2) is 0 Å². The van der Waals surface area contributed by atoms with Crippen LogP contribution in [0.25, 0.3) is 90.0 Å². The number of nitrogens with one attached hydrogen (secondary N) is 2. The fraction of sp³-hybridized carbons (Fsp3) is 0.516. The normalized spacial score (nSPS) is 15.5. The second-order valence-electron chi connectivity index (χ2n) is 41.0. The molecule has 6 aliphatic rings. The van der Waals surface area contributed by atoms with Crippen LogP contribution in [0.5, 0.6) is 0 Å². The van der Waals surface area contributed by atoms with Crippen LogP contribution in [0.4, 0.5) is 0 Å². The molecule has 18 heteroatoms. The Hall–Kier alpha value is -9.24. The molecule has 15 heterocycles. The molecule has 2 N–H and O–H groups in total. The van der Waals surface area contributed by atoms with Crippen molar-refractivity contribution in [2.75, 3.05) is 26.2 Å². The van der Waals surface area contributed by atoms with E-state index in [9.17, 15) is 0 Å². The number of unbranched alkanes of at least 4 members (excludes halogenated alkanes) is 20. The molecule has 0 aromatic carbocycles. The lowest BCUT2D eigenvalue weighted by atomic mass is 9.91. The molecule has 0 saturated carbocycles. The summed E-state index contributed by atoms with van der Waals surface area (Å²) in [5.41, 5.74) is 15.1. The Bertz CT molecular complexity index is 5890. The number of carbonyl (C=O) groups excluding carboxylic acids is 4. The number of rotatable bonds is 58. The number of carbonyl (C=O) groups is 4. The predicted octanol–water partition coefficient (Wildman–Crippen LogP) is 35.4. The zero-order valence-corrected chi connectivity index (χ0v) is 92.4. The maximum atomic E-state index is 15.8. The van der Waals surface area contributed by atoms with Crippen LogP contribution in [-0.4, -0.2) is 89.3 Å². The van der Waals surface area contributed by atoms with Crippen LogP contribution in [0, 0.1) is 59.2 Å². The molecular formula is C124H158N8O4S6. The number of fused-ring (bicyclic) bond motifs is 10. The van der Waals surface area contributed by atoms with Crippen molar-refractivity contribution < 1.29 is 19.2 Å². The number of hydrogen-bond donors (Lipinski definition) is 2. The summed E-state index contributed by atoms with van der Waals surface area (Å²) in [6, 6.07) is 34.9. The van der Waals surface area contributed by atoms with Crippen LogP contribution >= 0.6 is 68.0 Å². The number of aromatic amines is 2. The topological polar surface area (TPSA) is 139 Å². The summed E-state index contributed by atoms with van der Waals surface area (Å²) in [7, 11) is 0. The summed E-state index contributed by atoms with van der Waals surface area (Å²) >= 11 is 10.1. The molecule has 0 radical (unpaired) electrons. The molecule has 12 nitrogen and oxygen atoms in total. The van der Waals surface area contributed by atoms with E-state index >= 15 is 19.2 Å². The maximum Gasteiger partial charge on any atom is 0.261 e. The molecule has 6 unspecified atom stereocenters. The first-order valence-corrected chi connectivity index (χ1v) is 60.5. The molecular weight excluding hydrogens is 1860 g/mol. The van der Waals surface area contributed by atoms with Gasteiger partial charge in [-0.05, 0) is 194 Å². The van der Waals surface area contributed by atoms with Gasteiger partial charge in [-0.15, -0.1) is 68.0 Å². The Morgan fingerprint density at radius 1 is 0.282 bits per heavy atom. The monoisotopic (exact) mass is 2020 g/mol. The van der Waals surface area contributed by atoms with E-state index in [0.717, 1.165) is 233 Å². The van der Waals surface area contributed by atoms with Crippen molar-refractivity contribution in [3.8, 4) is 44.6 Å². The molecule has 9 aromatic heterocycles. The molecule has 0 saturated heterocycles. The number of nitrogens with zero attached hydrogens (tertiary/aromatic N) is 6. The van der Waals surface area contributed by atoms with Gasteiger partial charge >= 0.3 is 0 Å². The SMILES string of the molecule is CCCCCCCCC(CCCCCC)Cc1ccc(-c2c3nc(c(C#Cc4ccc(C5=C6C(=O)N(CC(CC)CCCC)C(c7cccs7)=C6C(=O)N5CC(CC)CCCC)s4)c4ccc([nH]4)c(-c4ccc(CC(CCCCCC)CCCCCCCC)s4)c4nc(c(C#Cc5ccc(C6=C7C(=O)N(CC(CC)CCCC)C(c8cccs8)=C7C(=O)N6CC(CC)CCCC)s5)c5ccc2[nH]5)C=C4)C=C3)s1. The zero-order valence-electron chi connectivity index (χ0n) is 87.5. The predicted molar refractivity (Wildman–Crippen MR) is 610 cm³/mol. The largest absolute Gasteiger partial charge is 0.354 e. The molecule has 754 valence electrons. The summed E-state index contributed by atoms with van der Waals surface area (Å²) in [5.74, 6) is 17.1. The molecule has 6 atom stereocenters. The summed E-state index contributed by atoms with van der Waals surface area (Å²) in [5, 5.41) is 4.13. The Balaban J connectivity index is 0.920. The average Bonchev–Trinajstić information content (AvgIpc) is 1.55. The standard InChI is InChI=1S/C124H158N8O4S6/c1-13-25-33-37-39-43-53-89(51-41-35-27-15-3)79-93-61-73-105(141-93)111-101-69-65-97(125-101)95(63-57-91-59-75-109(139-91)119-115-113(121(133)131(119)83-87(23-11)49-31-19-7)117(107-55-45-77-137-107)129(123(115)135)81-85(21-9)47-29-17-5)99-67-71-103(127-99)112(106-74-62-94(142-106)80-90(52-42-36-28-16-4)54-44-40-38-34-26-14-2)104-72-68-100(128-104)96(98-66-70-102(111)126-98)64-58-92-60-76-110(140-92)120-116-114(122(134)132(120)84-88(24-12)50-32-20-8)118(108-56-46-78-138-108)130(124(116)136)82-86(22-10)48-30-18-6/h45-46,55-56,59-62,65-78,85-90,125,128H,13-44,47-54,79-84H2,1-12H3. The molecule has 15 rings (SSSR count). The number of H-pyrrole nitrogens is 2. The van der Waals surface area contributed by atoms with E-state index in [4.69, 9.17) is 9.97 Å². The molecule has 6 aliphatic heterocycles. The van der Waals surface area contributed by atoms with Crippen LogP contribution in [0.3, 0.4) is 0 Å². The van der Waals surface area contributed by atoms with Gasteiger partial charge in [0.25, 0.3) is 23.6 Å². The quantitative estimate of drug-likeness (QED) is 0.0288. The lowest BCUT2D eigenvalue weighted by Crippen LogP contribution is -2.34. The van der Waals surface area contributed by atoms with Gasteiger partial charge in [0, 0.05) is 67.8 Å². The van der Waals surface area contributed by atoms with Gasteiger partial charge < -0.3 is 29.6 Å². The van der Waals surface area contributed by atoms with Crippen LogP contribution in [-0.2, 0) is 32.0 Å². The molecule has 0 spiro atoms. The lowest BCUT2D eigenvalue weighted by Gasteiger charge is -2.29. The van der Waals surface area contributed by atoms with Gasteiger partial charge in [0.1, 0.15) is 0 Å². The summed E-state index contributed by atoms with van der Waals surface area (Å²) in [6.45, 7) is 29.3. The number of aromatic nitrogens is 4. The van der Waals surface area contributed by atoms with Crippen molar-refractivity contribution in [1.82, 2.24) is 39.5 Å². The van der Waals surface area contributed by atoms with Crippen molar-refractivity contribution in [3.63, 3.8) is 0 Å². The molecule has 0 aliphatic carbocycles. The Kier molecular flexibility index (Phi) is 40.5. The van der Waals surface area contributed by atoms with E-state index in [1.54, 1.807) is 45.3 Å². The highest BCUT2D eigenvalue weighted by molar-refractivity contribution is 7.16. The third kappa shape index (κ3) is 26.0. The van der Waals surface area contributed by atoms with Crippen molar-refractivity contribution in [3.05, 3.63) is 203 Å². The van der Waals surface area contributed by atoms with Gasteiger partial charge in [-0.1, -0.05) is 350 Å². The lowest BCUT2D eigenvalue weighted by molar-refractivity contribution is -0.124. The smallest absolute Gasteiger partial charge is 0.261 e. The first kappa shape index (κ1) is 107. The van der Waals surface area contributed by atoms with E-state index in [2.05, 4.69) is 237 Å². The highest BCUT2D eigenvalue weighted by atomic mass is 32.1. The molecule has 4 amide bonds. The van der Waals surface area contributed by atoms with Crippen LogP contribution in [0.1, 0.15) is 413 Å². The minimum atomic E-state index is -0.0808. The first-order chi connectivity index (χ1) is 69.6. The third-order valence-electron chi connectivity index (χ3n) is 30.5. The number of amides is 4. The molecule has 0 fully saturated rings. The Morgan fingerprint density at radius 3 is 0.887 bits per heavy atom. The van der Waals surface area contributed by atoms with Crippen molar-refractivity contribution in [2.45, 2.75) is 353 Å². The van der Waals surface area contributed by atoms with Crippen molar-refractivity contribution in [1.29, 1.82) is 0 Å². The second-order valence-corrected chi connectivity index (χ2v) is 47.4. The maximum absolute atomic E-state index is 15.8. The number of thiophene rings is 6. The zero-order chi connectivity index (χ0) is 99.4. The van der Waals surface area contributed by atoms with E-state index < -0.39 is 0 Å². The fourth-order valence-electron chi connectivity index (χ4n) is 22.0. The van der Waals surface area contributed by atoms with E-state index in [1.165, 1.54) is 164 Å². The van der Waals surface area contributed by atoms with Gasteiger partial charge in [-0.2, -0.15) is 0 Å². The number of hydrogen-bond acceptors (Lipinski definition) is 12. The fourth-order valence-corrected chi connectivity index (χ4v) is 27.8. The highest BCUT2D eigenvalue weighted by Gasteiger charge is 2.52. The third-order valence-corrected chi connectivity index (χ3v) is 36.5. The minimum Gasteiger partial charge on any atom is -0.354 e. The molecule has 142 heavy (non-hydrogen) atoms. The molecule has 8 bridgehead atoms. The van der Waals surface area contributed by atoms with E-state index in [1.807, 2.05) is 54.4 Å². The average molecular weight is 2020 g/mol. The summed E-state index contributed by atoms with van der Waals surface area (Å²) < 4.78 is 0. The van der Waals surface area contributed by atoms with Crippen LogP contribution < -0.4 is 0 Å². The van der Waals surface area contributed by atoms with Crippen LogP contribution in [0.15, 0.2) is 130 Å². The van der Waals surface area contributed by atoms with Crippen molar-refractivity contribution >= 4 is 161 Å². The summed E-state index contributed by atoms with van der Waals surface area (Å²) in [6.07, 6.45) is 57.6. The second kappa shape index (κ2) is 53.7. The van der Waals surface area contributed by atoms with Gasteiger partial charge in [-0.25, -0.2) is 9.97 Å². The Labute approximate surface area is 874 Å². The first-order valence-electron chi connectivity index (χ1n) is 55.5. The van der Waals surface area contributed by atoms with Gasteiger partial charge in [0.05, 0.1) is 119 Å². The Morgan fingerprint density at radius 2 is 0.570 bits per heavy atom. The molecule has 9 aromatic rings. The van der Waals surface area contributed by atoms with Crippen molar-refractivity contribution in [2.24, 2.45) is 35.5 Å². The minimum absolute atomic E-state index is 0.0808. The van der Waals surface area contributed by atoms with E-state index in [-0.39, 0.29) is 35.5 Å². The summed E-state index contributed by atoms with van der Waals surface area (Å²) in [4.78, 5) is 101. The van der Waals surface area contributed by atoms with Gasteiger partial charge in [0.2, 0.25) is 0 Å². The van der Waals surface area contributed by atoms with Crippen LogP contribution in [0.2, 0.25) is 0 Å².